The molecule has 1 atom stereocenters. The highest BCUT2D eigenvalue weighted by atomic mass is 32.2. The van der Waals surface area contributed by atoms with E-state index in [0.29, 0.717) is 10.9 Å². The molecular weight excluding hydrogens is 211 g/mol. The monoisotopic (exact) mass is 228 g/mol. The van der Waals surface area contributed by atoms with Crippen LogP contribution in [0.25, 0.3) is 0 Å². The number of thioether (sulfide) groups is 1. The van der Waals surface area contributed by atoms with Gasteiger partial charge < -0.3 is 11.1 Å². The Morgan fingerprint density at radius 1 is 1.53 bits per heavy atom. The van der Waals surface area contributed by atoms with E-state index in [4.69, 9.17) is 5.73 Å². The van der Waals surface area contributed by atoms with Gasteiger partial charge in [-0.2, -0.15) is 11.8 Å². The van der Waals surface area contributed by atoms with E-state index in [2.05, 4.69) is 18.5 Å². The van der Waals surface area contributed by atoms with Crippen molar-refractivity contribution < 1.29 is 4.39 Å². The zero-order valence-electron chi connectivity index (χ0n) is 9.09. The minimum absolute atomic E-state index is 0.296. The fourth-order valence-electron chi connectivity index (χ4n) is 1.22. The molecule has 1 unspecified atom stereocenters. The second-order valence-corrected chi connectivity index (χ2v) is 4.77. The summed E-state index contributed by atoms with van der Waals surface area (Å²) in [6, 6.07) is 4.42. The van der Waals surface area contributed by atoms with Crippen molar-refractivity contribution in [2.75, 3.05) is 23.9 Å². The summed E-state index contributed by atoms with van der Waals surface area (Å²) in [4.78, 5) is 0. The number of anilines is 2. The summed E-state index contributed by atoms with van der Waals surface area (Å²) in [5.41, 5.74) is 6.94. The number of halogens is 1. The Labute approximate surface area is 94.4 Å². The molecule has 0 aliphatic carbocycles. The quantitative estimate of drug-likeness (QED) is 0.761. The molecule has 1 aromatic carbocycles. The Hall–Kier alpha value is -0.900. The van der Waals surface area contributed by atoms with Gasteiger partial charge in [0.05, 0.1) is 11.4 Å². The SMILES string of the molecule is CSC(C)CCNc1ccc(F)cc1N. The van der Waals surface area contributed by atoms with Crippen LogP contribution in [0.3, 0.4) is 0 Å². The Kier molecular flexibility index (Phi) is 4.75. The van der Waals surface area contributed by atoms with Gasteiger partial charge in [-0.1, -0.05) is 6.92 Å². The third kappa shape index (κ3) is 4.00. The van der Waals surface area contributed by atoms with E-state index in [9.17, 15) is 4.39 Å². The van der Waals surface area contributed by atoms with Gasteiger partial charge in [-0.05, 0) is 30.9 Å². The number of nitrogens with two attached hydrogens (primary N) is 1. The minimum Gasteiger partial charge on any atom is -0.397 e. The maximum atomic E-state index is 12.7. The first-order valence-corrected chi connectivity index (χ1v) is 6.24. The molecular formula is C11H17FN2S. The molecule has 0 radical (unpaired) electrons. The summed E-state index contributed by atoms with van der Waals surface area (Å²) in [7, 11) is 0. The van der Waals surface area contributed by atoms with Crippen LogP contribution in [0.15, 0.2) is 18.2 Å². The van der Waals surface area contributed by atoms with Crippen molar-refractivity contribution in [3.63, 3.8) is 0 Å². The lowest BCUT2D eigenvalue weighted by molar-refractivity contribution is 0.628. The van der Waals surface area contributed by atoms with Crippen LogP contribution in [-0.2, 0) is 0 Å². The van der Waals surface area contributed by atoms with Crippen molar-refractivity contribution in [1.82, 2.24) is 0 Å². The van der Waals surface area contributed by atoms with Crippen molar-refractivity contribution in [2.24, 2.45) is 0 Å². The lowest BCUT2D eigenvalue weighted by atomic mass is 10.2. The third-order valence-corrected chi connectivity index (χ3v) is 3.32. The fraction of sp³-hybridized carbons (Fsp3) is 0.455. The van der Waals surface area contributed by atoms with Crippen LogP contribution in [0.4, 0.5) is 15.8 Å². The summed E-state index contributed by atoms with van der Waals surface area (Å²) >= 11 is 1.84. The largest absolute Gasteiger partial charge is 0.397 e. The van der Waals surface area contributed by atoms with Crippen LogP contribution >= 0.6 is 11.8 Å². The van der Waals surface area contributed by atoms with Gasteiger partial charge in [-0.25, -0.2) is 4.39 Å². The lowest BCUT2D eigenvalue weighted by Gasteiger charge is -2.11. The highest BCUT2D eigenvalue weighted by molar-refractivity contribution is 7.99. The van der Waals surface area contributed by atoms with Crippen LogP contribution in [-0.4, -0.2) is 18.1 Å². The summed E-state index contributed by atoms with van der Waals surface area (Å²) in [5, 5.41) is 3.82. The average molecular weight is 228 g/mol. The van der Waals surface area contributed by atoms with Crippen molar-refractivity contribution in [2.45, 2.75) is 18.6 Å². The first kappa shape index (κ1) is 12.2. The molecule has 0 amide bonds. The molecule has 3 N–H and O–H groups in total. The highest BCUT2D eigenvalue weighted by Gasteiger charge is 2.02. The second-order valence-electron chi connectivity index (χ2n) is 3.49. The predicted molar refractivity (Wildman–Crippen MR) is 66.9 cm³/mol. The average Bonchev–Trinajstić information content (AvgIpc) is 2.21. The van der Waals surface area contributed by atoms with Gasteiger partial charge in [0.2, 0.25) is 0 Å². The zero-order chi connectivity index (χ0) is 11.3. The van der Waals surface area contributed by atoms with Gasteiger partial charge >= 0.3 is 0 Å². The molecule has 1 aromatic rings. The van der Waals surface area contributed by atoms with Crippen molar-refractivity contribution >= 4 is 23.1 Å². The molecule has 0 heterocycles. The third-order valence-electron chi connectivity index (χ3n) is 2.28. The van der Waals surface area contributed by atoms with Gasteiger partial charge in [0.1, 0.15) is 5.82 Å². The summed E-state index contributed by atoms with van der Waals surface area (Å²) in [6.45, 7) is 3.04. The van der Waals surface area contributed by atoms with Crippen LogP contribution in [0.1, 0.15) is 13.3 Å². The normalized spacial score (nSPS) is 12.5. The molecule has 0 aliphatic heterocycles. The number of rotatable bonds is 5. The maximum absolute atomic E-state index is 12.7. The Morgan fingerprint density at radius 2 is 2.27 bits per heavy atom. The molecule has 1 rings (SSSR count). The molecule has 0 fully saturated rings. The highest BCUT2D eigenvalue weighted by Crippen LogP contribution is 2.19. The second kappa shape index (κ2) is 5.85. The van der Waals surface area contributed by atoms with E-state index < -0.39 is 0 Å². The van der Waals surface area contributed by atoms with E-state index in [-0.39, 0.29) is 5.82 Å². The number of benzene rings is 1. The smallest absolute Gasteiger partial charge is 0.125 e. The first-order chi connectivity index (χ1) is 7.13. The van der Waals surface area contributed by atoms with Gasteiger partial charge in [0, 0.05) is 11.8 Å². The van der Waals surface area contributed by atoms with Crippen LogP contribution in [0.5, 0.6) is 0 Å². The molecule has 0 aromatic heterocycles. The Morgan fingerprint density at radius 3 is 2.87 bits per heavy atom. The molecule has 4 heteroatoms. The number of hydrogen-bond donors (Lipinski definition) is 2. The minimum atomic E-state index is -0.296. The number of nitrogens with one attached hydrogen (secondary N) is 1. The van der Waals surface area contributed by atoms with E-state index in [0.717, 1.165) is 18.7 Å². The van der Waals surface area contributed by atoms with Gasteiger partial charge in [0.25, 0.3) is 0 Å². The summed E-state index contributed by atoms with van der Waals surface area (Å²) in [5.74, 6) is -0.296. The molecule has 84 valence electrons. The van der Waals surface area contributed by atoms with E-state index in [1.165, 1.54) is 12.1 Å². The first-order valence-electron chi connectivity index (χ1n) is 4.95. The zero-order valence-corrected chi connectivity index (χ0v) is 9.90. The molecule has 2 nitrogen and oxygen atoms in total. The molecule has 0 saturated heterocycles. The van der Waals surface area contributed by atoms with E-state index in [1.807, 2.05) is 11.8 Å². The fourth-order valence-corrected chi connectivity index (χ4v) is 1.58. The van der Waals surface area contributed by atoms with Gasteiger partial charge in [0.15, 0.2) is 0 Å². The van der Waals surface area contributed by atoms with Gasteiger partial charge in [-0.15, -0.1) is 0 Å². The molecule has 0 spiro atoms. The predicted octanol–water partition coefficient (Wildman–Crippen LogP) is 2.96. The summed E-state index contributed by atoms with van der Waals surface area (Å²) < 4.78 is 12.7. The topological polar surface area (TPSA) is 38.0 Å². The van der Waals surface area contributed by atoms with Crippen molar-refractivity contribution in [1.29, 1.82) is 0 Å². The molecule has 0 saturated carbocycles. The summed E-state index contributed by atoms with van der Waals surface area (Å²) in [6.07, 6.45) is 3.16. The lowest BCUT2D eigenvalue weighted by Crippen LogP contribution is -2.09. The molecule has 0 bridgehead atoms. The van der Waals surface area contributed by atoms with Crippen molar-refractivity contribution in [3.8, 4) is 0 Å². The van der Waals surface area contributed by atoms with Crippen LogP contribution in [0, 0.1) is 5.82 Å². The van der Waals surface area contributed by atoms with Crippen molar-refractivity contribution in [3.05, 3.63) is 24.0 Å². The van der Waals surface area contributed by atoms with E-state index in [1.54, 1.807) is 6.07 Å². The van der Waals surface area contributed by atoms with Gasteiger partial charge in [-0.3, -0.25) is 0 Å². The molecule has 0 aliphatic rings. The number of hydrogen-bond acceptors (Lipinski definition) is 3. The standard InChI is InChI=1S/C11H17FN2S/c1-8(15-2)5-6-14-11-4-3-9(12)7-10(11)13/h3-4,7-8,14H,5-6,13H2,1-2H3. The van der Waals surface area contributed by atoms with E-state index >= 15 is 0 Å². The molecule has 15 heavy (non-hydrogen) atoms. The number of nitrogen functional groups attached to an aromatic ring is 1. The van der Waals surface area contributed by atoms with Crippen LogP contribution < -0.4 is 11.1 Å². The Balaban J connectivity index is 2.44. The van der Waals surface area contributed by atoms with Crippen LogP contribution in [0.2, 0.25) is 0 Å². The maximum Gasteiger partial charge on any atom is 0.125 e. The Bertz CT molecular complexity index is 317.